The Hall–Kier alpha value is -2.93. The van der Waals surface area contributed by atoms with Gasteiger partial charge in [0, 0.05) is 23.1 Å². The number of nitrogens with two attached hydrogens (primary N) is 2. The van der Waals surface area contributed by atoms with Crippen LogP contribution in [-0.2, 0) is 9.84 Å². The average Bonchev–Trinajstić information content (AvgIpc) is 2.55. The van der Waals surface area contributed by atoms with Gasteiger partial charge in [0.2, 0.25) is 5.95 Å². The van der Waals surface area contributed by atoms with Gasteiger partial charge < -0.3 is 11.5 Å². The number of hydrogen-bond donors (Lipinski definition) is 2. The molecule has 0 spiro atoms. The van der Waals surface area contributed by atoms with Crippen molar-refractivity contribution < 1.29 is 8.42 Å². The van der Waals surface area contributed by atoms with Gasteiger partial charge in [0.15, 0.2) is 9.84 Å². The summed E-state index contributed by atoms with van der Waals surface area (Å²) in [5.74, 6) is 0.166. The number of aromatic nitrogens is 2. The topological polar surface area (TPSA) is 112 Å². The predicted octanol–water partition coefficient (Wildman–Crippen LogP) is 2.69. The highest BCUT2D eigenvalue weighted by Crippen LogP contribution is 2.34. The third-order valence-electron chi connectivity index (χ3n) is 3.86. The normalized spacial score (nSPS) is 11.4. The van der Waals surface area contributed by atoms with E-state index in [1.807, 2.05) is 31.2 Å². The second-order valence-electron chi connectivity index (χ2n) is 5.81. The summed E-state index contributed by atoms with van der Waals surface area (Å²) in [7, 11) is -3.26. The molecule has 0 aliphatic heterocycles. The number of hydrogen-bond acceptors (Lipinski definition) is 6. The molecule has 7 heteroatoms. The van der Waals surface area contributed by atoms with Crippen molar-refractivity contribution in [3.05, 3.63) is 54.2 Å². The lowest BCUT2D eigenvalue weighted by Gasteiger charge is -2.13. The molecule has 3 aromatic rings. The molecule has 0 saturated carbocycles. The summed E-state index contributed by atoms with van der Waals surface area (Å²) in [5.41, 5.74) is 16.1. The number of nitrogen functional groups attached to an aromatic ring is 2. The Morgan fingerprint density at radius 2 is 1.40 bits per heavy atom. The molecule has 0 radical (unpaired) electrons. The van der Waals surface area contributed by atoms with Crippen molar-refractivity contribution in [1.82, 2.24) is 9.97 Å². The molecule has 0 aliphatic rings. The Balaban J connectivity index is 2.20. The number of sulfone groups is 1. The highest BCUT2D eigenvalue weighted by atomic mass is 32.2. The maximum Gasteiger partial charge on any atom is 0.220 e. The van der Waals surface area contributed by atoms with Gasteiger partial charge in [-0.25, -0.2) is 18.4 Å². The molecule has 0 amide bonds. The van der Waals surface area contributed by atoms with Gasteiger partial charge >= 0.3 is 0 Å². The molecule has 128 valence electrons. The largest absolute Gasteiger partial charge is 0.399 e. The van der Waals surface area contributed by atoms with Gasteiger partial charge in [0.1, 0.15) is 0 Å². The van der Waals surface area contributed by atoms with E-state index < -0.39 is 9.84 Å². The van der Waals surface area contributed by atoms with Crippen LogP contribution < -0.4 is 11.5 Å². The van der Waals surface area contributed by atoms with Crippen molar-refractivity contribution in [3.8, 4) is 22.4 Å². The molecule has 6 nitrogen and oxygen atoms in total. The van der Waals surface area contributed by atoms with Crippen molar-refractivity contribution in [1.29, 1.82) is 0 Å². The van der Waals surface area contributed by atoms with E-state index in [1.54, 1.807) is 24.3 Å². The van der Waals surface area contributed by atoms with Gasteiger partial charge in [0.05, 0.1) is 16.3 Å². The Morgan fingerprint density at radius 1 is 0.840 bits per heavy atom. The van der Waals surface area contributed by atoms with Crippen molar-refractivity contribution >= 4 is 21.5 Å². The number of rotatable bonds is 3. The lowest BCUT2D eigenvalue weighted by molar-refractivity contribution is 0.602. The number of aryl methyl sites for hydroxylation is 1. The summed E-state index contributed by atoms with van der Waals surface area (Å²) < 4.78 is 23.3. The monoisotopic (exact) mass is 354 g/mol. The fourth-order valence-electron chi connectivity index (χ4n) is 2.66. The van der Waals surface area contributed by atoms with Crippen LogP contribution >= 0.6 is 0 Å². The third-order valence-corrected chi connectivity index (χ3v) is 4.99. The van der Waals surface area contributed by atoms with Crippen LogP contribution in [0.15, 0.2) is 53.4 Å². The van der Waals surface area contributed by atoms with Crippen LogP contribution in [0.2, 0.25) is 0 Å². The van der Waals surface area contributed by atoms with E-state index in [0.29, 0.717) is 11.4 Å². The quantitative estimate of drug-likeness (QED) is 0.699. The fraction of sp³-hybridized carbons (Fsp3) is 0.111. The minimum absolute atomic E-state index is 0.166. The number of benzene rings is 2. The zero-order chi connectivity index (χ0) is 18.2. The van der Waals surface area contributed by atoms with E-state index in [9.17, 15) is 8.42 Å². The van der Waals surface area contributed by atoms with Crippen molar-refractivity contribution in [2.45, 2.75) is 11.8 Å². The summed E-state index contributed by atoms with van der Waals surface area (Å²) in [6.45, 7) is 1.86. The number of anilines is 2. The summed E-state index contributed by atoms with van der Waals surface area (Å²) in [6, 6.07) is 14.0. The standard InChI is InChI=1S/C18H18N4O2S/c1-11-16(12-3-7-14(19)8-4-12)17(22-18(20)21-11)13-5-9-15(10-6-13)25(2,23)24/h3-10H,19H2,1-2H3,(H2,20,21,22). The van der Waals surface area contributed by atoms with E-state index in [1.165, 1.54) is 6.26 Å². The minimum atomic E-state index is -3.26. The highest BCUT2D eigenvalue weighted by molar-refractivity contribution is 7.90. The fourth-order valence-corrected chi connectivity index (χ4v) is 3.29. The minimum Gasteiger partial charge on any atom is -0.399 e. The first-order valence-electron chi connectivity index (χ1n) is 7.56. The highest BCUT2D eigenvalue weighted by Gasteiger charge is 2.15. The molecule has 0 aliphatic carbocycles. The van der Waals surface area contributed by atoms with Crippen molar-refractivity contribution in [3.63, 3.8) is 0 Å². The van der Waals surface area contributed by atoms with Gasteiger partial charge in [-0.3, -0.25) is 0 Å². The first kappa shape index (κ1) is 16.9. The molecule has 0 saturated heterocycles. The van der Waals surface area contributed by atoms with E-state index in [0.717, 1.165) is 22.4 Å². The zero-order valence-corrected chi connectivity index (χ0v) is 14.7. The summed E-state index contributed by atoms with van der Waals surface area (Å²) >= 11 is 0. The molecule has 4 N–H and O–H groups in total. The molecule has 1 aromatic heterocycles. The molecule has 2 aromatic carbocycles. The molecular formula is C18H18N4O2S. The number of nitrogens with zero attached hydrogens (tertiary/aromatic N) is 2. The second-order valence-corrected chi connectivity index (χ2v) is 7.83. The van der Waals surface area contributed by atoms with E-state index >= 15 is 0 Å². The first-order chi connectivity index (χ1) is 11.8. The van der Waals surface area contributed by atoms with Crippen molar-refractivity contribution in [2.24, 2.45) is 0 Å². The molecule has 25 heavy (non-hydrogen) atoms. The van der Waals surface area contributed by atoms with E-state index in [2.05, 4.69) is 9.97 Å². The van der Waals surface area contributed by atoms with Gasteiger partial charge in [-0.15, -0.1) is 0 Å². The Kier molecular flexibility index (Phi) is 4.18. The van der Waals surface area contributed by atoms with Gasteiger partial charge in [-0.2, -0.15) is 0 Å². The van der Waals surface area contributed by atoms with Crippen LogP contribution in [0.3, 0.4) is 0 Å². The SMILES string of the molecule is Cc1nc(N)nc(-c2ccc(S(C)(=O)=O)cc2)c1-c1ccc(N)cc1. The first-order valence-corrected chi connectivity index (χ1v) is 9.45. The van der Waals surface area contributed by atoms with Gasteiger partial charge in [-0.05, 0) is 36.8 Å². The summed E-state index contributed by atoms with van der Waals surface area (Å²) in [4.78, 5) is 8.89. The molecule has 0 bridgehead atoms. The van der Waals surface area contributed by atoms with E-state index in [-0.39, 0.29) is 10.8 Å². The van der Waals surface area contributed by atoms with Crippen LogP contribution in [0.5, 0.6) is 0 Å². The molecular weight excluding hydrogens is 336 g/mol. The molecule has 0 unspecified atom stereocenters. The summed E-state index contributed by atoms with van der Waals surface area (Å²) in [5, 5.41) is 0. The van der Waals surface area contributed by atoms with Gasteiger partial charge in [0.25, 0.3) is 0 Å². The van der Waals surface area contributed by atoms with Crippen molar-refractivity contribution in [2.75, 3.05) is 17.7 Å². The Labute approximate surface area is 146 Å². The smallest absolute Gasteiger partial charge is 0.220 e. The Morgan fingerprint density at radius 3 is 1.96 bits per heavy atom. The van der Waals surface area contributed by atoms with Crippen LogP contribution in [-0.4, -0.2) is 24.6 Å². The maximum atomic E-state index is 11.7. The lowest BCUT2D eigenvalue weighted by atomic mass is 9.98. The Bertz CT molecular complexity index is 1030. The van der Waals surface area contributed by atoms with Crippen LogP contribution in [0, 0.1) is 6.92 Å². The van der Waals surface area contributed by atoms with Crippen LogP contribution in [0.4, 0.5) is 11.6 Å². The molecule has 0 fully saturated rings. The summed E-state index contributed by atoms with van der Waals surface area (Å²) in [6.07, 6.45) is 1.18. The molecule has 1 heterocycles. The van der Waals surface area contributed by atoms with Crippen LogP contribution in [0.25, 0.3) is 22.4 Å². The van der Waals surface area contributed by atoms with E-state index in [4.69, 9.17) is 11.5 Å². The molecule has 3 rings (SSSR count). The third kappa shape index (κ3) is 3.46. The average molecular weight is 354 g/mol. The van der Waals surface area contributed by atoms with Crippen LogP contribution in [0.1, 0.15) is 5.69 Å². The predicted molar refractivity (Wildman–Crippen MR) is 99.6 cm³/mol. The zero-order valence-electron chi connectivity index (χ0n) is 13.9. The second kappa shape index (κ2) is 6.18. The molecule has 0 atom stereocenters. The maximum absolute atomic E-state index is 11.7. The van der Waals surface area contributed by atoms with Gasteiger partial charge in [-0.1, -0.05) is 24.3 Å². The lowest BCUT2D eigenvalue weighted by Crippen LogP contribution is -2.03.